The number of hydrogen-bond donors (Lipinski definition) is 2. The molecule has 0 bridgehead atoms. The molecule has 144 valence electrons. The van der Waals surface area contributed by atoms with Gasteiger partial charge in [-0.05, 0) is 35.9 Å². The number of para-hydroxylation sites is 2. The number of aromatic nitrogens is 4. The second kappa shape index (κ2) is 6.94. The Labute approximate surface area is 165 Å². The molecule has 0 aliphatic rings. The predicted octanol–water partition coefficient (Wildman–Crippen LogP) is 4.83. The van der Waals surface area contributed by atoms with E-state index in [1.807, 2.05) is 30.3 Å². The maximum absolute atomic E-state index is 15.0. The van der Waals surface area contributed by atoms with E-state index in [1.54, 1.807) is 24.5 Å². The van der Waals surface area contributed by atoms with Gasteiger partial charge in [-0.3, -0.25) is 0 Å². The number of pyridine rings is 1. The number of ether oxygens (including phenoxy) is 2. The normalized spacial score (nSPS) is 11.2. The predicted molar refractivity (Wildman–Crippen MR) is 108 cm³/mol. The van der Waals surface area contributed by atoms with E-state index in [2.05, 4.69) is 19.9 Å². The van der Waals surface area contributed by atoms with E-state index >= 15 is 0 Å². The molecule has 2 aromatic carbocycles. The summed E-state index contributed by atoms with van der Waals surface area (Å²) in [5.41, 5.74) is 3.63. The Morgan fingerprint density at radius 3 is 2.79 bits per heavy atom. The molecule has 6 nitrogen and oxygen atoms in total. The molecular formula is C22H17FN4O2. The third-order valence-electron chi connectivity index (χ3n) is 4.81. The lowest BCUT2D eigenvalue weighted by Gasteiger charge is -2.13. The molecule has 0 fully saturated rings. The van der Waals surface area contributed by atoms with Gasteiger partial charge in [-0.1, -0.05) is 12.1 Å². The van der Waals surface area contributed by atoms with Gasteiger partial charge in [-0.25, -0.2) is 14.4 Å². The van der Waals surface area contributed by atoms with Crippen LogP contribution < -0.4 is 9.47 Å². The van der Waals surface area contributed by atoms with Crippen LogP contribution in [-0.4, -0.2) is 27.0 Å². The Balaban J connectivity index is 1.48. The zero-order valence-corrected chi connectivity index (χ0v) is 15.6. The summed E-state index contributed by atoms with van der Waals surface area (Å²) in [6.07, 6.45) is 3.42. The van der Waals surface area contributed by atoms with Gasteiger partial charge in [0.2, 0.25) is 0 Å². The standard InChI is InChI=1S/C22H17FN4O2/c1-28-19-10-15(13-6-8-24-22-14(13)7-9-25-22)16(23)11-20(19)29-12-21-26-17-4-2-3-5-18(17)27-21/h2-11H,12H2,1H3,(H,24,25)(H,26,27). The van der Waals surface area contributed by atoms with Gasteiger partial charge in [-0.2, -0.15) is 0 Å². The van der Waals surface area contributed by atoms with Crippen molar-refractivity contribution in [2.24, 2.45) is 0 Å². The molecule has 0 saturated heterocycles. The summed E-state index contributed by atoms with van der Waals surface area (Å²) in [7, 11) is 1.53. The molecule has 3 aromatic heterocycles. The van der Waals surface area contributed by atoms with E-state index in [9.17, 15) is 4.39 Å². The van der Waals surface area contributed by atoms with Crippen molar-refractivity contribution in [3.63, 3.8) is 0 Å². The van der Waals surface area contributed by atoms with Crippen molar-refractivity contribution in [2.75, 3.05) is 7.11 Å². The van der Waals surface area contributed by atoms with Crippen LogP contribution in [0.25, 0.3) is 33.2 Å². The Bertz CT molecular complexity index is 1290. The van der Waals surface area contributed by atoms with E-state index in [0.29, 0.717) is 28.5 Å². The van der Waals surface area contributed by atoms with E-state index in [4.69, 9.17) is 9.47 Å². The van der Waals surface area contributed by atoms with Gasteiger partial charge in [0.1, 0.15) is 23.9 Å². The van der Waals surface area contributed by atoms with E-state index in [-0.39, 0.29) is 6.61 Å². The molecule has 3 heterocycles. The summed E-state index contributed by atoms with van der Waals surface area (Å²) in [6, 6.07) is 14.4. The smallest absolute Gasteiger partial charge is 0.164 e. The van der Waals surface area contributed by atoms with Crippen LogP contribution in [-0.2, 0) is 6.61 Å². The number of aromatic amines is 2. The molecule has 0 amide bonds. The van der Waals surface area contributed by atoms with Crippen LogP contribution in [0.5, 0.6) is 11.5 Å². The molecular weight excluding hydrogens is 371 g/mol. The Kier molecular flexibility index (Phi) is 4.13. The van der Waals surface area contributed by atoms with Crippen molar-refractivity contribution < 1.29 is 13.9 Å². The van der Waals surface area contributed by atoms with Crippen molar-refractivity contribution in [1.82, 2.24) is 19.9 Å². The van der Waals surface area contributed by atoms with Gasteiger partial charge in [0, 0.05) is 29.4 Å². The number of fused-ring (bicyclic) bond motifs is 2. The van der Waals surface area contributed by atoms with Crippen molar-refractivity contribution in [1.29, 1.82) is 0 Å². The zero-order valence-electron chi connectivity index (χ0n) is 15.6. The number of nitrogens with one attached hydrogen (secondary N) is 2. The molecule has 0 atom stereocenters. The second-order valence-electron chi connectivity index (χ2n) is 6.57. The molecule has 0 unspecified atom stereocenters. The lowest BCUT2D eigenvalue weighted by atomic mass is 10.0. The first kappa shape index (κ1) is 17.2. The highest BCUT2D eigenvalue weighted by atomic mass is 19.1. The number of rotatable bonds is 5. The van der Waals surface area contributed by atoms with Crippen molar-refractivity contribution in [3.8, 4) is 22.6 Å². The van der Waals surface area contributed by atoms with Crippen LogP contribution in [0.15, 0.2) is 60.9 Å². The van der Waals surface area contributed by atoms with E-state index in [0.717, 1.165) is 22.0 Å². The number of benzene rings is 2. The van der Waals surface area contributed by atoms with Crippen molar-refractivity contribution in [3.05, 3.63) is 72.6 Å². The summed E-state index contributed by atoms with van der Waals surface area (Å²) < 4.78 is 26.3. The molecule has 0 saturated carbocycles. The van der Waals surface area contributed by atoms with Gasteiger partial charge in [0.05, 0.1) is 18.1 Å². The summed E-state index contributed by atoms with van der Waals surface area (Å²) >= 11 is 0. The fraction of sp³-hybridized carbons (Fsp3) is 0.0909. The number of hydrogen-bond acceptors (Lipinski definition) is 4. The summed E-state index contributed by atoms with van der Waals surface area (Å²) in [6.45, 7) is 0.168. The molecule has 29 heavy (non-hydrogen) atoms. The zero-order chi connectivity index (χ0) is 19.8. The Morgan fingerprint density at radius 2 is 1.93 bits per heavy atom. The third kappa shape index (κ3) is 3.06. The largest absolute Gasteiger partial charge is 0.493 e. The van der Waals surface area contributed by atoms with Crippen molar-refractivity contribution in [2.45, 2.75) is 6.61 Å². The highest BCUT2D eigenvalue weighted by Gasteiger charge is 2.16. The average Bonchev–Trinajstić information content (AvgIpc) is 3.38. The summed E-state index contributed by atoms with van der Waals surface area (Å²) in [4.78, 5) is 15.0. The van der Waals surface area contributed by atoms with Crippen LogP contribution in [0.3, 0.4) is 0 Å². The number of halogens is 1. The van der Waals surface area contributed by atoms with E-state index in [1.165, 1.54) is 13.2 Å². The molecule has 5 rings (SSSR count). The monoisotopic (exact) mass is 388 g/mol. The first-order chi connectivity index (χ1) is 14.2. The van der Waals surface area contributed by atoms with Crippen molar-refractivity contribution >= 4 is 22.1 Å². The minimum Gasteiger partial charge on any atom is -0.493 e. The number of H-pyrrole nitrogens is 2. The average molecular weight is 388 g/mol. The maximum atomic E-state index is 15.0. The molecule has 0 spiro atoms. The van der Waals surface area contributed by atoms with Crippen LogP contribution in [0.2, 0.25) is 0 Å². The fourth-order valence-electron chi connectivity index (χ4n) is 3.43. The quantitative estimate of drug-likeness (QED) is 0.452. The van der Waals surface area contributed by atoms with E-state index < -0.39 is 5.82 Å². The van der Waals surface area contributed by atoms with Gasteiger partial charge in [0.15, 0.2) is 11.5 Å². The lowest BCUT2D eigenvalue weighted by molar-refractivity contribution is 0.276. The Hall–Kier alpha value is -3.87. The molecule has 5 aromatic rings. The first-order valence-electron chi connectivity index (χ1n) is 9.09. The van der Waals surface area contributed by atoms with Gasteiger partial charge in [-0.15, -0.1) is 0 Å². The van der Waals surface area contributed by atoms with Crippen LogP contribution >= 0.6 is 0 Å². The van der Waals surface area contributed by atoms with Crippen LogP contribution in [0.1, 0.15) is 5.82 Å². The number of imidazole rings is 1. The number of methoxy groups -OCH3 is 1. The fourth-order valence-corrected chi connectivity index (χ4v) is 3.43. The minimum absolute atomic E-state index is 0.168. The Morgan fingerprint density at radius 1 is 1.03 bits per heavy atom. The lowest BCUT2D eigenvalue weighted by Crippen LogP contribution is -2.01. The second-order valence-corrected chi connectivity index (χ2v) is 6.57. The molecule has 0 radical (unpaired) electrons. The molecule has 0 aliphatic heterocycles. The van der Waals surface area contributed by atoms with Gasteiger partial charge < -0.3 is 19.4 Å². The highest BCUT2D eigenvalue weighted by molar-refractivity contribution is 5.93. The molecule has 7 heteroatoms. The number of nitrogens with zero attached hydrogens (tertiary/aromatic N) is 2. The SMILES string of the molecule is COc1cc(-c2ccnc3[nH]ccc23)c(F)cc1OCc1nc2ccccc2[nH]1. The van der Waals surface area contributed by atoms with Gasteiger partial charge >= 0.3 is 0 Å². The molecule has 0 aliphatic carbocycles. The summed E-state index contributed by atoms with van der Waals surface area (Å²) in [5.74, 6) is 1.01. The topological polar surface area (TPSA) is 75.8 Å². The summed E-state index contributed by atoms with van der Waals surface area (Å²) in [5, 5.41) is 0.837. The molecule has 2 N–H and O–H groups in total. The third-order valence-corrected chi connectivity index (χ3v) is 4.81. The van der Waals surface area contributed by atoms with Crippen LogP contribution in [0, 0.1) is 5.82 Å². The first-order valence-corrected chi connectivity index (χ1v) is 9.09. The van der Waals surface area contributed by atoms with Crippen LogP contribution in [0.4, 0.5) is 4.39 Å². The van der Waals surface area contributed by atoms with Gasteiger partial charge in [0.25, 0.3) is 0 Å². The minimum atomic E-state index is -0.404. The maximum Gasteiger partial charge on any atom is 0.164 e. The highest BCUT2D eigenvalue weighted by Crippen LogP contribution is 2.37.